The van der Waals surface area contributed by atoms with Crippen LogP contribution < -0.4 is 15.4 Å². The Kier molecular flexibility index (Phi) is 11.9. The van der Waals surface area contributed by atoms with Crippen LogP contribution in [0, 0.1) is 6.92 Å². The predicted octanol–water partition coefficient (Wildman–Crippen LogP) is 1.31. The van der Waals surface area contributed by atoms with Gasteiger partial charge in [0.05, 0.1) is 12.1 Å². The first-order chi connectivity index (χ1) is 22.5. The Hall–Kier alpha value is -4.95. The van der Waals surface area contributed by atoms with E-state index in [2.05, 4.69) is 15.6 Å². The van der Waals surface area contributed by atoms with Gasteiger partial charge in [-0.05, 0) is 57.7 Å². The molecule has 15 nitrogen and oxygen atoms in total. The molecule has 2 saturated heterocycles. The molecule has 5 amide bonds. The number of aryl methyl sites for hydroxylation is 1. The molecule has 0 radical (unpaired) electrons. The van der Waals surface area contributed by atoms with Gasteiger partial charge in [0, 0.05) is 57.1 Å². The Morgan fingerprint density at radius 1 is 1.02 bits per heavy atom. The number of ether oxygens (including phenoxy) is 2. The maximum Gasteiger partial charge on any atom is 0.409 e. The van der Waals surface area contributed by atoms with Gasteiger partial charge in [0.15, 0.2) is 6.61 Å². The number of pyridine rings is 1. The highest BCUT2D eigenvalue weighted by Crippen LogP contribution is 2.27. The number of carboxylic acids is 1. The Balaban J connectivity index is 1.51. The Labute approximate surface area is 272 Å². The lowest BCUT2D eigenvalue weighted by atomic mass is 10.1. The summed E-state index contributed by atoms with van der Waals surface area (Å²) >= 11 is 0. The molecule has 3 N–H and O–H groups in total. The zero-order valence-corrected chi connectivity index (χ0v) is 27.0. The molecule has 4 rings (SSSR count). The Morgan fingerprint density at radius 3 is 2.43 bits per heavy atom. The first-order valence-corrected chi connectivity index (χ1v) is 15.9. The minimum atomic E-state index is -1.17. The van der Waals surface area contributed by atoms with Gasteiger partial charge in [0.1, 0.15) is 23.5 Å². The number of nitrogens with one attached hydrogen (secondary N) is 2. The van der Waals surface area contributed by atoms with E-state index in [-0.39, 0.29) is 75.5 Å². The van der Waals surface area contributed by atoms with E-state index in [1.165, 1.54) is 20.8 Å². The van der Waals surface area contributed by atoms with Crippen LogP contribution in [0.15, 0.2) is 24.3 Å². The summed E-state index contributed by atoms with van der Waals surface area (Å²) in [7, 11) is 0. The standard InChI is InChI=1S/C32H42N6O9/c1-4-33-30(43)25-7-6-12-38(25)27(39)19-47-26-18-24(34-23-17-20(3)8-9-21(23)26)29(42)35-22(10-11-28(40)41)31(44)36-13-15-37(16-14-36)32(45)46-5-2/h8-9,17-18,22,25H,4-7,10-16,19H2,1-3H3,(H,33,43)(H,35,42)(H,40,41)/t22-,25-/m0/s1. The van der Waals surface area contributed by atoms with Crippen molar-refractivity contribution in [2.24, 2.45) is 0 Å². The molecule has 3 heterocycles. The number of fused-ring (bicyclic) bond motifs is 1. The quantitative estimate of drug-likeness (QED) is 0.301. The molecule has 1 aromatic carbocycles. The van der Waals surface area contributed by atoms with E-state index in [1.54, 1.807) is 19.1 Å². The summed E-state index contributed by atoms with van der Waals surface area (Å²) in [5.74, 6) is -2.70. The molecule has 0 saturated carbocycles. The minimum Gasteiger partial charge on any atom is -0.483 e. The number of rotatable bonds is 12. The topological polar surface area (TPSA) is 188 Å². The number of hydrogen-bond donors (Lipinski definition) is 3. The van der Waals surface area contributed by atoms with Crippen LogP contribution in [0.2, 0.25) is 0 Å². The van der Waals surface area contributed by atoms with E-state index in [4.69, 9.17) is 9.47 Å². The molecule has 2 aliphatic heterocycles. The number of carbonyl (C=O) groups is 6. The average Bonchev–Trinajstić information content (AvgIpc) is 3.55. The summed E-state index contributed by atoms with van der Waals surface area (Å²) < 4.78 is 11.0. The Morgan fingerprint density at radius 2 is 1.74 bits per heavy atom. The van der Waals surface area contributed by atoms with Crippen molar-refractivity contribution >= 4 is 46.6 Å². The van der Waals surface area contributed by atoms with Gasteiger partial charge in [0.2, 0.25) is 11.8 Å². The monoisotopic (exact) mass is 654 g/mol. The minimum absolute atomic E-state index is 0.0906. The molecule has 1 aromatic heterocycles. The molecular weight excluding hydrogens is 612 g/mol. The molecule has 254 valence electrons. The number of hydrogen-bond acceptors (Lipinski definition) is 9. The van der Waals surface area contributed by atoms with Crippen LogP contribution in [0.3, 0.4) is 0 Å². The number of carboxylic acid groups (broad SMARTS) is 1. The molecule has 15 heteroatoms. The van der Waals surface area contributed by atoms with Crippen molar-refractivity contribution in [2.75, 3.05) is 52.5 Å². The number of likely N-dealkylation sites (tertiary alicyclic amines) is 1. The fourth-order valence-corrected chi connectivity index (χ4v) is 5.70. The molecule has 2 aliphatic rings. The van der Waals surface area contributed by atoms with Crippen molar-refractivity contribution in [3.63, 3.8) is 0 Å². The molecule has 0 bridgehead atoms. The molecule has 2 fully saturated rings. The average molecular weight is 655 g/mol. The smallest absolute Gasteiger partial charge is 0.409 e. The number of carbonyl (C=O) groups excluding carboxylic acids is 5. The van der Waals surface area contributed by atoms with Gasteiger partial charge in [-0.15, -0.1) is 0 Å². The third-order valence-electron chi connectivity index (χ3n) is 8.11. The first-order valence-electron chi connectivity index (χ1n) is 15.9. The summed E-state index contributed by atoms with van der Waals surface area (Å²) in [6.45, 7) is 6.95. The summed E-state index contributed by atoms with van der Waals surface area (Å²) in [5, 5.41) is 15.3. The lowest BCUT2D eigenvalue weighted by Gasteiger charge is -2.35. The molecule has 0 unspecified atom stereocenters. The van der Waals surface area contributed by atoms with Crippen molar-refractivity contribution < 1.29 is 43.3 Å². The van der Waals surface area contributed by atoms with Crippen molar-refractivity contribution in [1.29, 1.82) is 0 Å². The maximum absolute atomic E-state index is 13.6. The van der Waals surface area contributed by atoms with E-state index in [0.29, 0.717) is 36.8 Å². The van der Waals surface area contributed by atoms with Gasteiger partial charge in [-0.3, -0.25) is 24.0 Å². The van der Waals surface area contributed by atoms with Crippen LogP contribution >= 0.6 is 0 Å². The van der Waals surface area contributed by atoms with Gasteiger partial charge in [-0.2, -0.15) is 0 Å². The second kappa shape index (κ2) is 16.1. The zero-order chi connectivity index (χ0) is 34.1. The molecule has 2 aromatic rings. The number of likely N-dealkylation sites (N-methyl/N-ethyl adjacent to an activating group) is 1. The number of aliphatic carboxylic acids is 1. The highest BCUT2D eigenvalue weighted by molar-refractivity contribution is 5.99. The fraction of sp³-hybridized carbons (Fsp3) is 0.531. The zero-order valence-electron chi connectivity index (χ0n) is 27.0. The third kappa shape index (κ3) is 8.86. The maximum atomic E-state index is 13.6. The summed E-state index contributed by atoms with van der Waals surface area (Å²) in [4.78, 5) is 85.1. The van der Waals surface area contributed by atoms with Gasteiger partial charge in [-0.25, -0.2) is 9.78 Å². The fourth-order valence-electron chi connectivity index (χ4n) is 5.70. The van der Waals surface area contributed by atoms with Gasteiger partial charge in [-0.1, -0.05) is 6.07 Å². The van der Waals surface area contributed by atoms with Gasteiger partial charge >= 0.3 is 12.1 Å². The number of amides is 5. The van der Waals surface area contributed by atoms with E-state index >= 15 is 0 Å². The molecule has 47 heavy (non-hydrogen) atoms. The number of piperazine rings is 1. The normalized spacial score (nSPS) is 16.8. The summed E-state index contributed by atoms with van der Waals surface area (Å²) in [6, 6.07) is 4.99. The van der Waals surface area contributed by atoms with Gasteiger partial charge < -0.3 is 39.9 Å². The number of nitrogens with zero attached hydrogens (tertiary/aromatic N) is 4. The van der Waals surface area contributed by atoms with Crippen LogP contribution in [0.4, 0.5) is 4.79 Å². The van der Waals surface area contributed by atoms with Crippen molar-refractivity contribution in [3.8, 4) is 5.75 Å². The Bertz CT molecular complexity index is 1510. The highest BCUT2D eigenvalue weighted by atomic mass is 16.6. The van der Waals surface area contributed by atoms with Crippen LogP contribution in [0.5, 0.6) is 5.75 Å². The van der Waals surface area contributed by atoms with Crippen LogP contribution in [-0.4, -0.2) is 125 Å². The largest absolute Gasteiger partial charge is 0.483 e. The number of aromatic nitrogens is 1. The summed E-state index contributed by atoms with van der Waals surface area (Å²) in [6.07, 6.45) is 0.245. The van der Waals surface area contributed by atoms with Gasteiger partial charge in [0.25, 0.3) is 11.8 Å². The summed E-state index contributed by atoms with van der Waals surface area (Å²) in [5.41, 5.74) is 1.19. The van der Waals surface area contributed by atoms with Crippen molar-refractivity contribution in [2.45, 2.75) is 58.5 Å². The van der Waals surface area contributed by atoms with E-state index in [0.717, 1.165) is 5.56 Å². The van der Waals surface area contributed by atoms with E-state index in [9.17, 15) is 33.9 Å². The van der Waals surface area contributed by atoms with Crippen molar-refractivity contribution in [3.05, 3.63) is 35.5 Å². The molecule has 2 atom stereocenters. The third-order valence-corrected chi connectivity index (χ3v) is 8.11. The lowest BCUT2D eigenvalue weighted by molar-refractivity contribution is -0.139. The van der Waals surface area contributed by atoms with E-state index in [1.807, 2.05) is 19.9 Å². The molecule has 0 spiro atoms. The van der Waals surface area contributed by atoms with Crippen LogP contribution in [0.25, 0.3) is 10.9 Å². The number of benzene rings is 1. The second-order valence-electron chi connectivity index (χ2n) is 11.4. The molecular formula is C32H42N6O9. The van der Waals surface area contributed by atoms with Crippen LogP contribution in [-0.2, 0) is 23.9 Å². The van der Waals surface area contributed by atoms with Crippen molar-refractivity contribution in [1.82, 2.24) is 30.3 Å². The van der Waals surface area contributed by atoms with E-state index < -0.39 is 36.0 Å². The first kappa shape index (κ1) is 34.9. The predicted molar refractivity (Wildman–Crippen MR) is 169 cm³/mol. The SMILES string of the molecule is CCNC(=O)[C@@H]1CCCN1C(=O)COc1cc(C(=O)N[C@@H](CCC(=O)O)C(=O)N2CCN(C(=O)OCC)CC2)nc2cc(C)ccc12. The lowest BCUT2D eigenvalue weighted by Crippen LogP contribution is -2.56. The van der Waals surface area contributed by atoms with Crippen LogP contribution in [0.1, 0.15) is 55.6 Å². The highest BCUT2D eigenvalue weighted by Gasteiger charge is 2.34. The molecule has 0 aliphatic carbocycles. The second-order valence-corrected chi connectivity index (χ2v) is 11.4.